The van der Waals surface area contributed by atoms with E-state index in [2.05, 4.69) is 5.32 Å². The Kier molecular flexibility index (Phi) is 7.44. The van der Waals surface area contributed by atoms with E-state index in [1.165, 1.54) is 31.3 Å². The van der Waals surface area contributed by atoms with E-state index in [0.29, 0.717) is 16.3 Å². The van der Waals surface area contributed by atoms with Gasteiger partial charge in [0.05, 0.1) is 26.8 Å². The molecule has 2 aliphatic heterocycles. The molecule has 200 valence electrons. The summed E-state index contributed by atoms with van der Waals surface area (Å²) in [5.74, 6) is -0.606. The molecular weight excluding hydrogens is 520 g/mol. The maximum atomic E-state index is 14.6. The zero-order chi connectivity index (χ0) is 27.1. The van der Waals surface area contributed by atoms with Crippen molar-refractivity contribution in [2.75, 3.05) is 27.3 Å². The summed E-state index contributed by atoms with van der Waals surface area (Å²) in [5.41, 5.74) is 6.82. The van der Waals surface area contributed by atoms with Crippen LogP contribution < -0.4 is 20.5 Å². The maximum absolute atomic E-state index is 14.6. The zero-order valence-corrected chi connectivity index (χ0v) is 22.7. The van der Waals surface area contributed by atoms with Gasteiger partial charge in [0.25, 0.3) is 0 Å². The van der Waals surface area contributed by atoms with Crippen LogP contribution >= 0.6 is 11.6 Å². The van der Waals surface area contributed by atoms with Crippen molar-refractivity contribution < 1.29 is 27.5 Å². The number of nitrogens with zero attached hydrogens (tertiary/aromatic N) is 2. The number of rotatable bonds is 7. The molecule has 2 fully saturated rings. The molecular formula is C25H31ClN4O6S. The number of hydrogen-bond acceptors (Lipinski definition) is 8. The summed E-state index contributed by atoms with van der Waals surface area (Å²) in [5, 5.41) is 3.57. The quantitative estimate of drug-likeness (QED) is 0.529. The number of sulfone groups is 1. The molecule has 2 saturated heterocycles. The summed E-state index contributed by atoms with van der Waals surface area (Å²) in [6.07, 6.45) is 0.0753. The van der Waals surface area contributed by atoms with Gasteiger partial charge in [-0.25, -0.2) is 8.42 Å². The highest BCUT2D eigenvalue weighted by Gasteiger charge is 2.63. The number of piperazine rings is 1. The number of amides is 2. The molecule has 3 atom stereocenters. The summed E-state index contributed by atoms with van der Waals surface area (Å²) >= 11 is 6.04. The average molecular weight is 551 g/mol. The third-order valence-corrected chi connectivity index (χ3v) is 9.39. The van der Waals surface area contributed by atoms with Crippen LogP contribution in [0.25, 0.3) is 0 Å². The van der Waals surface area contributed by atoms with Gasteiger partial charge in [0.15, 0.2) is 0 Å². The highest BCUT2D eigenvalue weighted by Crippen LogP contribution is 2.41. The summed E-state index contributed by atoms with van der Waals surface area (Å²) in [6.45, 7) is 3.22. The van der Waals surface area contributed by atoms with Crippen molar-refractivity contribution in [3.8, 4) is 11.5 Å². The van der Waals surface area contributed by atoms with Crippen molar-refractivity contribution in [3.63, 3.8) is 0 Å². The Balaban J connectivity index is 1.95. The average Bonchev–Trinajstić information content (AvgIpc) is 2.88. The fourth-order valence-corrected chi connectivity index (χ4v) is 7.13. The van der Waals surface area contributed by atoms with Crippen LogP contribution in [-0.4, -0.2) is 80.5 Å². The lowest BCUT2D eigenvalue weighted by atomic mass is 9.96. The first-order valence-corrected chi connectivity index (χ1v) is 13.7. The van der Waals surface area contributed by atoms with Crippen LogP contribution in [0, 0.1) is 0 Å². The van der Waals surface area contributed by atoms with Crippen LogP contribution in [0.3, 0.4) is 0 Å². The largest absolute Gasteiger partial charge is 0.497 e. The van der Waals surface area contributed by atoms with E-state index in [-0.39, 0.29) is 42.1 Å². The lowest BCUT2D eigenvalue weighted by Crippen LogP contribution is -2.83. The molecule has 4 rings (SSSR count). The smallest absolute Gasteiger partial charge is 0.246 e. The second-order valence-electron chi connectivity index (χ2n) is 9.41. The molecule has 12 heteroatoms. The number of nitrogens with two attached hydrogens (primary N) is 1. The van der Waals surface area contributed by atoms with Crippen molar-refractivity contribution in [1.29, 1.82) is 0 Å². The molecule has 2 amide bonds. The molecule has 2 aromatic carbocycles. The number of ether oxygens (including phenoxy) is 2. The number of benzene rings is 2. The van der Waals surface area contributed by atoms with Crippen LogP contribution in [0.1, 0.15) is 19.4 Å². The molecule has 0 aromatic heterocycles. The molecule has 0 bridgehead atoms. The van der Waals surface area contributed by atoms with E-state index in [1.54, 1.807) is 44.2 Å². The molecule has 2 heterocycles. The van der Waals surface area contributed by atoms with E-state index < -0.39 is 32.8 Å². The van der Waals surface area contributed by atoms with Crippen molar-refractivity contribution in [2.45, 2.75) is 48.3 Å². The number of carbonyl (C=O) groups is 2. The maximum Gasteiger partial charge on any atom is 0.246 e. The lowest BCUT2D eigenvalue weighted by Gasteiger charge is -2.56. The van der Waals surface area contributed by atoms with Crippen LogP contribution in [0.5, 0.6) is 11.5 Å². The monoisotopic (exact) mass is 550 g/mol. The van der Waals surface area contributed by atoms with E-state index in [0.717, 1.165) is 4.90 Å². The number of carbonyl (C=O) groups excluding carboxylic acids is 2. The summed E-state index contributed by atoms with van der Waals surface area (Å²) < 4.78 is 39.8. The van der Waals surface area contributed by atoms with Crippen molar-refractivity contribution in [2.24, 2.45) is 5.73 Å². The number of nitrogens with one attached hydrogen (secondary N) is 1. The Morgan fingerprint density at radius 2 is 1.78 bits per heavy atom. The van der Waals surface area contributed by atoms with Crippen LogP contribution in [0.2, 0.25) is 5.02 Å². The SMILES string of the molecule is COc1ccc(OC)c(S(=O)(=O)C23CN(C(C)C)C(=O)C(Cc4ccc(Cl)cc4)N2C(=O)C(N)CN3)c1. The van der Waals surface area contributed by atoms with Gasteiger partial charge in [-0.1, -0.05) is 23.7 Å². The predicted molar refractivity (Wildman–Crippen MR) is 138 cm³/mol. The first-order valence-electron chi connectivity index (χ1n) is 11.8. The Morgan fingerprint density at radius 3 is 2.38 bits per heavy atom. The molecule has 0 aliphatic carbocycles. The topological polar surface area (TPSA) is 131 Å². The lowest BCUT2D eigenvalue weighted by molar-refractivity contribution is -0.166. The third kappa shape index (κ3) is 4.54. The molecule has 10 nitrogen and oxygen atoms in total. The van der Waals surface area contributed by atoms with E-state index in [4.69, 9.17) is 26.8 Å². The van der Waals surface area contributed by atoms with Crippen molar-refractivity contribution in [3.05, 3.63) is 53.1 Å². The number of hydrogen-bond donors (Lipinski definition) is 2. The van der Waals surface area contributed by atoms with Gasteiger partial charge in [-0.3, -0.25) is 19.8 Å². The molecule has 2 aliphatic rings. The Hall–Kier alpha value is -2.86. The van der Waals surface area contributed by atoms with Gasteiger partial charge in [-0.05, 0) is 43.7 Å². The molecule has 37 heavy (non-hydrogen) atoms. The first kappa shape index (κ1) is 27.2. The molecule has 2 aromatic rings. The Morgan fingerprint density at radius 1 is 1.11 bits per heavy atom. The molecule has 0 saturated carbocycles. The molecule has 3 N–H and O–H groups in total. The fraction of sp³-hybridized carbons (Fsp3) is 0.440. The normalized spacial score (nSPS) is 24.3. The van der Waals surface area contributed by atoms with Crippen LogP contribution in [0.15, 0.2) is 47.4 Å². The summed E-state index contributed by atoms with van der Waals surface area (Å²) in [6, 6.07) is 8.77. The van der Waals surface area contributed by atoms with Gasteiger partial charge in [0, 0.05) is 30.1 Å². The Labute approximate surface area is 221 Å². The fourth-order valence-electron chi connectivity index (χ4n) is 4.89. The minimum atomic E-state index is -4.42. The minimum absolute atomic E-state index is 0.0753. The van der Waals surface area contributed by atoms with Gasteiger partial charge in [0.1, 0.15) is 22.4 Å². The van der Waals surface area contributed by atoms with Gasteiger partial charge in [-0.2, -0.15) is 0 Å². The first-order chi connectivity index (χ1) is 17.5. The van der Waals surface area contributed by atoms with Gasteiger partial charge >= 0.3 is 0 Å². The van der Waals surface area contributed by atoms with E-state index in [9.17, 15) is 18.0 Å². The van der Waals surface area contributed by atoms with Crippen LogP contribution in [0.4, 0.5) is 0 Å². The standard InChI is InChI=1S/C25H31ClN4O6S/c1-15(2)29-14-25(37(33,34)22-12-18(35-3)9-10-21(22)36-4)28-13-19(27)23(31)30(25)20(24(29)32)11-16-5-7-17(26)8-6-16/h5-10,12,15,19-20,28H,11,13-14,27H2,1-4H3. The molecule has 0 spiro atoms. The third-order valence-electron chi connectivity index (χ3n) is 6.88. The number of fused-ring (bicyclic) bond motifs is 1. The second-order valence-corrected chi connectivity index (χ2v) is 12.0. The Bertz CT molecular complexity index is 1300. The molecule has 0 radical (unpaired) electrons. The number of methoxy groups -OCH3 is 2. The van der Waals surface area contributed by atoms with E-state index >= 15 is 0 Å². The van der Waals surface area contributed by atoms with Gasteiger partial charge in [-0.15, -0.1) is 0 Å². The summed E-state index contributed by atoms with van der Waals surface area (Å²) in [7, 11) is -1.64. The van der Waals surface area contributed by atoms with Crippen molar-refractivity contribution >= 4 is 33.3 Å². The van der Waals surface area contributed by atoms with Crippen LogP contribution in [-0.2, 0) is 25.8 Å². The summed E-state index contributed by atoms with van der Waals surface area (Å²) in [4.78, 5) is 27.9. The minimum Gasteiger partial charge on any atom is -0.497 e. The second kappa shape index (κ2) is 10.1. The van der Waals surface area contributed by atoms with Gasteiger partial charge < -0.3 is 20.1 Å². The van der Waals surface area contributed by atoms with E-state index in [1.807, 2.05) is 0 Å². The van der Waals surface area contributed by atoms with Gasteiger partial charge in [0.2, 0.25) is 26.6 Å². The highest BCUT2D eigenvalue weighted by atomic mass is 35.5. The number of halogens is 1. The molecule has 3 unspecified atom stereocenters. The predicted octanol–water partition coefficient (Wildman–Crippen LogP) is 1.41. The zero-order valence-electron chi connectivity index (χ0n) is 21.1. The van der Waals surface area contributed by atoms with Crippen molar-refractivity contribution in [1.82, 2.24) is 15.1 Å². The highest BCUT2D eigenvalue weighted by molar-refractivity contribution is 7.93.